The quantitative estimate of drug-likeness (QED) is 0.387. The molecule has 8 nitrogen and oxygen atoms in total. The average Bonchev–Trinajstić information content (AvgIpc) is 3.10. The lowest BCUT2D eigenvalue weighted by Crippen LogP contribution is -2.19. The molecule has 3 rings (SSSR count). The molecule has 174 valence electrons. The summed E-state index contributed by atoms with van der Waals surface area (Å²) in [5.74, 6) is 1.38. The zero-order chi connectivity index (χ0) is 23.3. The lowest BCUT2D eigenvalue weighted by molar-refractivity contribution is 0.217. The first-order chi connectivity index (χ1) is 15.2. The van der Waals surface area contributed by atoms with Crippen molar-refractivity contribution in [3.63, 3.8) is 0 Å². The minimum Gasteiger partial charge on any atom is -0.492 e. The molecule has 1 aromatic heterocycles. The predicted molar refractivity (Wildman–Crippen MR) is 124 cm³/mol. The van der Waals surface area contributed by atoms with Gasteiger partial charge in [-0.05, 0) is 30.2 Å². The van der Waals surface area contributed by atoms with E-state index in [1.807, 2.05) is 0 Å². The molecule has 32 heavy (non-hydrogen) atoms. The number of hydrogen-bond donors (Lipinski definition) is 1. The van der Waals surface area contributed by atoms with Crippen LogP contribution in [0, 0.1) is 5.92 Å². The number of methoxy groups -OCH3 is 1. The van der Waals surface area contributed by atoms with E-state index in [0.717, 1.165) is 0 Å². The summed E-state index contributed by atoms with van der Waals surface area (Å²) in [4.78, 5) is 0. The molecule has 3 aromatic rings. The number of aromatic nitrogens is 1. The van der Waals surface area contributed by atoms with Gasteiger partial charge in [0.25, 0.3) is 0 Å². The largest absolute Gasteiger partial charge is 0.492 e. The smallest absolute Gasteiger partial charge is 0.236 e. The highest BCUT2D eigenvalue weighted by Crippen LogP contribution is 2.32. The molecule has 1 heterocycles. The molecule has 0 radical (unpaired) electrons. The van der Waals surface area contributed by atoms with E-state index in [0.29, 0.717) is 50.6 Å². The molecule has 0 aliphatic heterocycles. The van der Waals surface area contributed by atoms with Crippen molar-refractivity contribution < 1.29 is 27.2 Å². The van der Waals surface area contributed by atoms with Gasteiger partial charge in [0.2, 0.25) is 10.0 Å². The second kappa shape index (κ2) is 10.6. The molecular formula is C21H24Cl2N2O6S. The second-order valence-corrected chi connectivity index (χ2v) is 10.1. The van der Waals surface area contributed by atoms with E-state index in [2.05, 4.69) is 23.7 Å². The van der Waals surface area contributed by atoms with Crippen molar-refractivity contribution in [3.8, 4) is 11.5 Å². The maximum Gasteiger partial charge on any atom is 0.236 e. The van der Waals surface area contributed by atoms with Gasteiger partial charge < -0.3 is 18.7 Å². The number of benzene rings is 2. The lowest BCUT2D eigenvalue weighted by atomic mass is 10.2. The summed E-state index contributed by atoms with van der Waals surface area (Å²) in [7, 11) is -2.21. The minimum absolute atomic E-state index is 0.0577. The SMILES string of the molecule is COCCS(=O)(=O)Nc1noc2cc(COc3ccc(OCC(C)C)c(Cl)c3)c(Cl)cc12. The highest BCUT2D eigenvalue weighted by atomic mass is 35.5. The number of ether oxygens (including phenoxy) is 3. The van der Waals surface area contributed by atoms with Crippen LogP contribution >= 0.6 is 23.2 Å². The van der Waals surface area contributed by atoms with Gasteiger partial charge in [0.05, 0.1) is 29.4 Å². The van der Waals surface area contributed by atoms with Crippen LogP contribution in [0.15, 0.2) is 34.9 Å². The fourth-order valence-electron chi connectivity index (χ4n) is 2.68. The van der Waals surface area contributed by atoms with Crippen molar-refractivity contribution in [2.24, 2.45) is 5.92 Å². The van der Waals surface area contributed by atoms with Gasteiger partial charge >= 0.3 is 0 Å². The van der Waals surface area contributed by atoms with E-state index in [9.17, 15) is 8.42 Å². The van der Waals surface area contributed by atoms with E-state index in [-0.39, 0.29) is 24.8 Å². The van der Waals surface area contributed by atoms with E-state index in [1.54, 1.807) is 30.3 Å². The second-order valence-electron chi connectivity index (χ2n) is 7.47. The predicted octanol–water partition coefficient (Wildman–Crippen LogP) is 5.14. The maximum atomic E-state index is 12.1. The van der Waals surface area contributed by atoms with Gasteiger partial charge in [0.15, 0.2) is 11.4 Å². The number of fused-ring (bicyclic) bond motifs is 1. The maximum absolute atomic E-state index is 12.1. The highest BCUT2D eigenvalue weighted by Gasteiger charge is 2.18. The lowest BCUT2D eigenvalue weighted by Gasteiger charge is -2.12. The molecule has 0 aliphatic rings. The third-order valence-electron chi connectivity index (χ3n) is 4.32. The number of rotatable bonds is 11. The van der Waals surface area contributed by atoms with Crippen molar-refractivity contribution in [2.45, 2.75) is 20.5 Å². The summed E-state index contributed by atoms with van der Waals surface area (Å²) in [6.45, 7) is 4.88. The Bertz CT molecular complexity index is 1180. The summed E-state index contributed by atoms with van der Waals surface area (Å²) < 4.78 is 48.1. The summed E-state index contributed by atoms with van der Waals surface area (Å²) >= 11 is 12.7. The Balaban J connectivity index is 1.71. The molecule has 0 amide bonds. The molecule has 0 saturated carbocycles. The van der Waals surface area contributed by atoms with Crippen LogP contribution in [0.25, 0.3) is 11.0 Å². The fraction of sp³-hybridized carbons (Fsp3) is 0.381. The minimum atomic E-state index is -3.63. The first-order valence-electron chi connectivity index (χ1n) is 9.81. The molecule has 0 bridgehead atoms. The zero-order valence-corrected chi connectivity index (χ0v) is 20.2. The first kappa shape index (κ1) is 24.4. The van der Waals surface area contributed by atoms with Gasteiger partial charge in [-0.15, -0.1) is 0 Å². The summed E-state index contributed by atoms with van der Waals surface area (Å²) in [5.41, 5.74) is 1.01. The molecule has 0 saturated heterocycles. The Kier molecular flexibility index (Phi) is 8.10. The third-order valence-corrected chi connectivity index (χ3v) is 6.17. The number of nitrogens with zero attached hydrogens (tertiary/aromatic N) is 1. The summed E-state index contributed by atoms with van der Waals surface area (Å²) in [6.07, 6.45) is 0. The topological polar surface area (TPSA) is 99.9 Å². The average molecular weight is 503 g/mol. The Labute approximate surface area is 196 Å². The Morgan fingerprint density at radius 2 is 1.91 bits per heavy atom. The molecule has 0 unspecified atom stereocenters. The van der Waals surface area contributed by atoms with Gasteiger partial charge in [-0.25, -0.2) is 8.42 Å². The van der Waals surface area contributed by atoms with E-state index in [1.165, 1.54) is 7.11 Å². The van der Waals surface area contributed by atoms with Crippen molar-refractivity contribution >= 4 is 50.0 Å². The molecule has 1 N–H and O–H groups in total. The Morgan fingerprint density at radius 3 is 2.59 bits per heavy atom. The first-order valence-corrected chi connectivity index (χ1v) is 12.2. The fourth-order valence-corrected chi connectivity index (χ4v) is 4.05. The van der Waals surface area contributed by atoms with Gasteiger partial charge in [-0.1, -0.05) is 42.2 Å². The van der Waals surface area contributed by atoms with Gasteiger partial charge in [0, 0.05) is 23.8 Å². The van der Waals surface area contributed by atoms with Crippen LogP contribution in [0.5, 0.6) is 11.5 Å². The molecule has 2 aromatic carbocycles. The molecular weight excluding hydrogens is 479 g/mol. The van der Waals surface area contributed by atoms with Crippen LogP contribution in [0.4, 0.5) is 5.82 Å². The number of nitrogens with one attached hydrogen (secondary N) is 1. The molecule has 0 fully saturated rings. The van der Waals surface area contributed by atoms with Crippen LogP contribution in [0.1, 0.15) is 19.4 Å². The number of sulfonamides is 1. The number of hydrogen-bond acceptors (Lipinski definition) is 7. The zero-order valence-electron chi connectivity index (χ0n) is 17.9. The number of anilines is 1. The standard InChI is InChI=1S/C21H24Cl2N2O6S/c1-13(2)11-30-19-5-4-15(9-18(19)23)29-12-14-8-20-16(10-17(14)22)21(24-31-20)25-32(26,27)7-6-28-3/h4-5,8-10,13H,6-7,11-12H2,1-3H3,(H,24,25). The van der Waals surface area contributed by atoms with Crippen molar-refractivity contribution in [2.75, 3.05) is 30.8 Å². The van der Waals surface area contributed by atoms with Crippen molar-refractivity contribution in [1.82, 2.24) is 5.16 Å². The molecule has 0 spiro atoms. The van der Waals surface area contributed by atoms with Crippen LogP contribution in [-0.4, -0.2) is 39.7 Å². The Hall–Kier alpha value is -2.20. The number of halogens is 2. The van der Waals surface area contributed by atoms with Crippen LogP contribution < -0.4 is 14.2 Å². The van der Waals surface area contributed by atoms with E-state index in [4.69, 9.17) is 41.9 Å². The van der Waals surface area contributed by atoms with Gasteiger partial charge in [0.1, 0.15) is 18.1 Å². The summed E-state index contributed by atoms with van der Waals surface area (Å²) in [6, 6.07) is 8.42. The van der Waals surface area contributed by atoms with E-state index < -0.39 is 10.0 Å². The van der Waals surface area contributed by atoms with E-state index >= 15 is 0 Å². The van der Waals surface area contributed by atoms with Crippen LogP contribution in [-0.2, 0) is 21.4 Å². The van der Waals surface area contributed by atoms with Crippen molar-refractivity contribution in [1.29, 1.82) is 0 Å². The molecule has 11 heteroatoms. The molecule has 0 atom stereocenters. The van der Waals surface area contributed by atoms with Gasteiger partial charge in [-0.2, -0.15) is 0 Å². The molecule has 0 aliphatic carbocycles. The van der Waals surface area contributed by atoms with Gasteiger partial charge in [-0.3, -0.25) is 4.72 Å². The third kappa shape index (κ3) is 6.41. The van der Waals surface area contributed by atoms with Crippen molar-refractivity contribution in [3.05, 3.63) is 45.9 Å². The normalized spacial score (nSPS) is 11.8. The monoisotopic (exact) mass is 502 g/mol. The van der Waals surface area contributed by atoms with Crippen LogP contribution in [0.2, 0.25) is 10.0 Å². The Morgan fingerprint density at radius 1 is 1.12 bits per heavy atom. The highest BCUT2D eigenvalue weighted by molar-refractivity contribution is 7.92. The summed E-state index contributed by atoms with van der Waals surface area (Å²) in [5, 5.41) is 5.07. The van der Waals surface area contributed by atoms with Crippen LogP contribution in [0.3, 0.4) is 0 Å².